The first kappa shape index (κ1) is 21.3. The van der Waals surface area contributed by atoms with Crippen LogP contribution in [0.4, 0.5) is 11.4 Å². The fourth-order valence-corrected chi connectivity index (χ4v) is 4.21. The summed E-state index contributed by atoms with van der Waals surface area (Å²) in [5.41, 5.74) is 3.77. The highest BCUT2D eigenvalue weighted by atomic mass is 35.5. The van der Waals surface area contributed by atoms with Gasteiger partial charge in [0.05, 0.1) is 11.9 Å². The van der Waals surface area contributed by atoms with Gasteiger partial charge in [-0.3, -0.25) is 9.10 Å². The quantitative estimate of drug-likeness (QED) is 0.747. The van der Waals surface area contributed by atoms with Crippen molar-refractivity contribution in [2.75, 3.05) is 22.4 Å². The largest absolute Gasteiger partial charge is 0.324 e. The van der Waals surface area contributed by atoms with Crippen molar-refractivity contribution in [1.29, 1.82) is 0 Å². The van der Waals surface area contributed by atoms with E-state index in [0.717, 1.165) is 33.7 Å². The van der Waals surface area contributed by atoms with Gasteiger partial charge in [0.2, 0.25) is 15.9 Å². The lowest BCUT2D eigenvalue weighted by Crippen LogP contribution is -2.38. The van der Waals surface area contributed by atoms with Gasteiger partial charge < -0.3 is 5.32 Å². The predicted octanol–water partition coefficient (Wildman–Crippen LogP) is 4.18. The van der Waals surface area contributed by atoms with Crippen LogP contribution in [0.15, 0.2) is 36.4 Å². The molecule has 2 aromatic carbocycles. The molecule has 0 saturated carbocycles. The van der Waals surface area contributed by atoms with E-state index in [-0.39, 0.29) is 6.54 Å². The van der Waals surface area contributed by atoms with Gasteiger partial charge in [-0.25, -0.2) is 8.42 Å². The van der Waals surface area contributed by atoms with Gasteiger partial charge in [-0.2, -0.15) is 0 Å². The smallest absolute Gasteiger partial charge is 0.245 e. The van der Waals surface area contributed by atoms with E-state index in [1.165, 1.54) is 0 Å². The van der Waals surface area contributed by atoms with E-state index in [4.69, 9.17) is 11.6 Å². The summed E-state index contributed by atoms with van der Waals surface area (Å²) >= 11 is 6.28. The number of nitrogens with one attached hydrogen (secondary N) is 1. The van der Waals surface area contributed by atoms with Crippen molar-refractivity contribution in [3.63, 3.8) is 0 Å². The van der Waals surface area contributed by atoms with Gasteiger partial charge in [0.25, 0.3) is 0 Å². The summed E-state index contributed by atoms with van der Waals surface area (Å²) in [4.78, 5) is 12.7. The van der Waals surface area contributed by atoms with E-state index < -0.39 is 15.9 Å². The number of anilines is 2. The minimum absolute atomic E-state index is 0.303. The van der Waals surface area contributed by atoms with E-state index in [0.29, 0.717) is 22.8 Å². The number of benzene rings is 2. The Morgan fingerprint density at radius 2 is 1.78 bits per heavy atom. The summed E-state index contributed by atoms with van der Waals surface area (Å²) in [6, 6.07) is 10.8. The number of hydrogen-bond donors (Lipinski definition) is 1. The van der Waals surface area contributed by atoms with Crippen molar-refractivity contribution < 1.29 is 13.2 Å². The molecule has 146 valence electrons. The van der Waals surface area contributed by atoms with Crippen molar-refractivity contribution in [2.24, 2.45) is 0 Å². The normalized spacial score (nSPS) is 11.3. The SMILES string of the molecule is CCc1ccc(Cl)c(CC)c1NC(=O)CN(c1ccccc1C)S(C)(=O)=O. The topological polar surface area (TPSA) is 66.5 Å². The van der Waals surface area contributed by atoms with E-state index in [9.17, 15) is 13.2 Å². The number of amides is 1. The van der Waals surface area contributed by atoms with Crippen LogP contribution in [0, 0.1) is 6.92 Å². The van der Waals surface area contributed by atoms with Crippen LogP contribution in [0.3, 0.4) is 0 Å². The molecule has 2 aromatic rings. The molecule has 0 fully saturated rings. The van der Waals surface area contributed by atoms with Gasteiger partial charge in [0, 0.05) is 10.7 Å². The van der Waals surface area contributed by atoms with E-state index in [1.54, 1.807) is 12.1 Å². The van der Waals surface area contributed by atoms with Crippen LogP contribution in [-0.2, 0) is 27.7 Å². The number of nitrogens with zero attached hydrogens (tertiary/aromatic N) is 1. The third-order valence-corrected chi connectivity index (χ3v) is 5.89. The average molecular weight is 409 g/mol. The highest BCUT2D eigenvalue weighted by Crippen LogP contribution is 2.30. The van der Waals surface area contributed by atoms with Crippen LogP contribution >= 0.6 is 11.6 Å². The first-order valence-corrected chi connectivity index (χ1v) is 11.0. The molecule has 0 radical (unpaired) electrons. The minimum Gasteiger partial charge on any atom is -0.324 e. The van der Waals surface area contributed by atoms with E-state index in [2.05, 4.69) is 5.32 Å². The second-order valence-corrected chi connectivity index (χ2v) is 8.69. The van der Waals surface area contributed by atoms with Crippen LogP contribution < -0.4 is 9.62 Å². The van der Waals surface area contributed by atoms with E-state index in [1.807, 2.05) is 45.0 Å². The number of halogens is 1. The number of rotatable bonds is 7. The first-order valence-electron chi connectivity index (χ1n) is 8.82. The summed E-state index contributed by atoms with van der Waals surface area (Å²) in [6.45, 7) is 5.47. The lowest BCUT2D eigenvalue weighted by molar-refractivity contribution is -0.114. The third-order valence-electron chi connectivity index (χ3n) is 4.41. The Morgan fingerprint density at radius 1 is 1.11 bits per heavy atom. The van der Waals surface area contributed by atoms with Gasteiger partial charge in [0.1, 0.15) is 6.54 Å². The van der Waals surface area contributed by atoms with Crippen molar-refractivity contribution >= 4 is 38.9 Å². The predicted molar refractivity (Wildman–Crippen MR) is 112 cm³/mol. The van der Waals surface area contributed by atoms with Crippen LogP contribution in [0.1, 0.15) is 30.5 Å². The molecule has 7 heteroatoms. The Bertz CT molecular complexity index is 942. The highest BCUT2D eigenvalue weighted by Gasteiger charge is 2.23. The Labute approximate surface area is 166 Å². The molecule has 0 aliphatic heterocycles. The zero-order valence-corrected chi connectivity index (χ0v) is 17.6. The Hall–Kier alpha value is -2.05. The zero-order valence-electron chi connectivity index (χ0n) is 16.0. The molecule has 2 rings (SSSR count). The molecule has 0 unspecified atom stereocenters. The number of para-hydroxylation sites is 1. The van der Waals surface area contributed by atoms with Crippen molar-refractivity contribution in [1.82, 2.24) is 0 Å². The molecule has 0 heterocycles. The Kier molecular flexibility index (Phi) is 6.89. The molecular weight excluding hydrogens is 384 g/mol. The summed E-state index contributed by atoms with van der Waals surface area (Å²) in [5.74, 6) is -0.407. The molecule has 0 bridgehead atoms. The van der Waals surface area contributed by atoms with Gasteiger partial charge in [-0.15, -0.1) is 0 Å². The number of sulfonamides is 1. The van der Waals surface area contributed by atoms with Crippen molar-refractivity contribution in [3.05, 3.63) is 58.1 Å². The van der Waals surface area contributed by atoms with Crippen LogP contribution in [0.2, 0.25) is 5.02 Å². The second-order valence-electron chi connectivity index (χ2n) is 6.37. The molecule has 0 spiro atoms. The fraction of sp³-hybridized carbons (Fsp3) is 0.350. The van der Waals surface area contributed by atoms with Gasteiger partial charge in [0.15, 0.2) is 0 Å². The molecular formula is C20H25ClN2O3S. The number of carbonyl (C=O) groups excluding carboxylic acids is 1. The number of aryl methyl sites for hydroxylation is 2. The summed E-state index contributed by atoms with van der Waals surface area (Å²) in [7, 11) is -3.62. The molecule has 0 saturated heterocycles. The molecule has 5 nitrogen and oxygen atoms in total. The van der Waals surface area contributed by atoms with Crippen LogP contribution in [0.5, 0.6) is 0 Å². The molecule has 27 heavy (non-hydrogen) atoms. The fourth-order valence-electron chi connectivity index (χ4n) is 3.00. The summed E-state index contributed by atoms with van der Waals surface area (Å²) < 4.78 is 25.7. The molecule has 1 amide bonds. The molecule has 0 aliphatic rings. The van der Waals surface area contributed by atoms with Crippen LogP contribution in [-0.4, -0.2) is 27.1 Å². The Morgan fingerprint density at radius 3 is 2.33 bits per heavy atom. The highest BCUT2D eigenvalue weighted by molar-refractivity contribution is 7.92. The molecule has 1 N–H and O–H groups in total. The maximum absolute atomic E-state index is 12.7. The lowest BCUT2D eigenvalue weighted by atomic mass is 10.0. The van der Waals surface area contributed by atoms with E-state index >= 15 is 0 Å². The minimum atomic E-state index is -3.62. The third kappa shape index (κ3) is 5.02. The summed E-state index contributed by atoms with van der Waals surface area (Å²) in [5, 5.41) is 3.47. The van der Waals surface area contributed by atoms with Gasteiger partial charge in [-0.1, -0.05) is 49.7 Å². The number of hydrogen-bond acceptors (Lipinski definition) is 3. The maximum atomic E-state index is 12.7. The monoisotopic (exact) mass is 408 g/mol. The lowest BCUT2D eigenvalue weighted by Gasteiger charge is -2.24. The van der Waals surface area contributed by atoms with Gasteiger partial charge >= 0.3 is 0 Å². The maximum Gasteiger partial charge on any atom is 0.245 e. The number of carbonyl (C=O) groups is 1. The molecule has 0 aromatic heterocycles. The molecule has 0 aliphatic carbocycles. The second kappa shape index (κ2) is 8.76. The zero-order chi connectivity index (χ0) is 20.2. The average Bonchev–Trinajstić information content (AvgIpc) is 2.60. The Balaban J connectivity index is 2.36. The van der Waals surface area contributed by atoms with Crippen LogP contribution in [0.25, 0.3) is 0 Å². The van der Waals surface area contributed by atoms with Gasteiger partial charge in [-0.05, 0) is 48.6 Å². The standard InChI is InChI=1S/C20H25ClN2O3S/c1-5-15-11-12-17(21)16(6-2)20(15)22-19(24)13-23(27(4,25)26)18-10-8-7-9-14(18)3/h7-12H,5-6,13H2,1-4H3,(H,22,24). The molecule has 0 atom stereocenters. The summed E-state index contributed by atoms with van der Waals surface area (Å²) in [6.07, 6.45) is 2.49. The first-order chi connectivity index (χ1) is 12.7. The van der Waals surface area contributed by atoms with Crippen molar-refractivity contribution in [3.8, 4) is 0 Å². The van der Waals surface area contributed by atoms with Crippen molar-refractivity contribution in [2.45, 2.75) is 33.6 Å².